The number of fused-ring (bicyclic) bond motifs is 1. The lowest BCUT2D eigenvalue weighted by atomic mass is 9.97. The van der Waals surface area contributed by atoms with E-state index in [9.17, 15) is 14.4 Å². The fourth-order valence-electron chi connectivity index (χ4n) is 4.81. The molecule has 2 aromatic heterocycles. The summed E-state index contributed by atoms with van der Waals surface area (Å²) >= 11 is 0. The summed E-state index contributed by atoms with van der Waals surface area (Å²) in [7, 11) is 0. The SMILES string of the molecule is Nc1c(N(CCC2=CCCCC2)C(=O)Cc2noc3ccccc23)c(=O)[nH]c(=O)n1Cc1ccccc1. The van der Waals surface area contributed by atoms with Crippen LogP contribution in [0.3, 0.4) is 0 Å². The van der Waals surface area contributed by atoms with E-state index in [1.54, 1.807) is 6.07 Å². The molecule has 3 N–H and O–H groups in total. The molecule has 0 unspecified atom stereocenters. The van der Waals surface area contributed by atoms with Gasteiger partial charge in [0.05, 0.1) is 13.0 Å². The first-order valence-corrected chi connectivity index (χ1v) is 12.5. The summed E-state index contributed by atoms with van der Waals surface area (Å²) in [5.74, 6) is -0.397. The molecule has 0 atom stereocenters. The lowest BCUT2D eigenvalue weighted by molar-refractivity contribution is -0.118. The summed E-state index contributed by atoms with van der Waals surface area (Å²) in [4.78, 5) is 43.3. The minimum Gasteiger partial charge on any atom is -0.383 e. The Morgan fingerprint density at radius 3 is 2.65 bits per heavy atom. The van der Waals surface area contributed by atoms with Crippen LogP contribution < -0.4 is 21.9 Å². The minimum absolute atomic E-state index is 0.0234. The van der Waals surface area contributed by atoms with E-state index in [2.05, 4.69) is 16.2 Å². The Bertz CT molecular complexity index is 1560. The largest absolute Gasteiger partial charge is 0.383 e. The first-order valence-electron chi connectivity index (χ1n) is 12.5. The maximum Gasteiger partial charge on any atom is 0.330 e. The van der Waals surface area contributed by atoms with Crippen molar-refractivity contribution in [2.45, 2.75) is 45.1 Å². The molecule has 2 heterocycles. The monoisotopic (exact) mass is 499 g/mol. The Kier molecular flexibility index (Phi) is 7.02. The van der Waals surface area contributed by atoms with Gasteiger partial charge in [0.25, 0.3) is 5.56 Å². The molecule has 0 spiro atoms. The van der Waals surface area contributed by atoms with Crippen molar-refractivity contribution in [2.24, 2.45) is 0 Å². The van der Waals surface area contributed by atoms with Crippen molar-refractivity contribution in [3.8, 4) is 0 Å². The number of carbonyl (C=O) groups excluding carboxylic acids is 1. The molecule has 0 bridgehead atoms. The average molecular weight is 500 g/mol. The van der Waals surface area contributed by atoms with Gasteiger partial charge in [-0.25, -0.2) is 4.79 Å². The number of amides is 1. The number of para-hydroxylation sites is 1. The van der Waals surface area contributed by atoms with E-state index < -0.39 is 11.2 Å². The molecule has 37 heavy (non-hydrogen) atoms. The van der Waals surface area contributed by atoms with E-state index in [0.29, 0.717) is 17.7 Å². The third-order valence-corrected chi connectivity index (χ3v) is 6.78. The van der Waals surface area contributed by atoms with Crippen LogP contribution in [0.15, 0.2) is 80.4 Å². The van der Waals surface area contributed by atoms with E-state index in [-0.39, 0.29) is 36.9 Å². The Morgan fingerprint density at radius 1 is 1.08 bits per heavy atom. The number of hydrogen-bond acceptors (Lipinski definition) is 6. The first-order chi connectivity index (χ1) is 18.0. The topological polar surface area (TPSA) is 127 Å². The van der Waals surface area contributed by atoms with Crippen LogP contribution in [0.1, 0.15) is 43.4 Å². The molecular formula is C28H29N5O4. The molecule has 0 radical (unpaired) electrons. The Morgan fingerprint density at radius 2 is 1.86 bits per heavy atom. The van der Waals surface area contributed by atoms with E-state index in [4.69, 9.17) is 10.3 Å². The highest BCUT2D eigenvalue weighted by Crippen LogP contribution is 2.25. The number of nitrogen functional groups attached to an aromatic ring is 1. The minimum atomic E-state index is -0.692. The number of aromatic nitrogens is 3. The van der Waals surface area contributed by atoms with E-state index in [1.807, 2.05) is 48.5 Å². The van der Waals surface area contributed by atoms with Gasteiger partial charge in [0.15, 0.2) is 11.3 Å². The summed E-state index contributed by atoms with van der Waals surface area (Å²) in [5.41, 5.74) is 8.26. The maximum absolute atomic E-state index is 13.7. The number of nitrogens with one attached hydrogen (secondary N) is 1. The molecule has 0 saturated carbocycles. The highest BCUT2D eigenvalue weighted by atomic mass is 16.5. The number of nitrogens with two attached hydrogens (primary N) is 1. The molecule has 190 valence electrons. The molecular weight excluding hydrogens is 470 g/mol. The van der Waals surface area contributed by atoms with Crippen molar-refractivity contribution >= 4 is 28.4 Å². The second kappa shape index (κ2) is 10.7. The lowest BCUT2D eigenvalue weighted by Crippen LogP contribution is -2.42. The van der Waals surface area contributed by atoms with Crippen molar-refractivity contribution in [3.63, 3.8) is 0 Å². The van der Waals surface area contributed by atoms with Gasteiger partial charge in [-0.3, -0.25) is 19.1 Å². The van der Waals surface area contributed by atoms with Gasteiger partial charge in [0.1, 0.15) is 11.5 Å². The maximum atomic E-state index is 13.7. The first kappa shape index (κ1) is 24.3. The fourth-order valence-corrected chi connectivity index (χ4v) is 4.81. The molecule has 9 heteroatoms. The zero-order valence-electron chi connectivity index (χ0n) is 20.5. The van der Waals surface area contributed by atoms with Crippen LogP contribution in [-0.4, -0.2) is 27.2 Å². The number of rotatable bonds is 8. The quantitative estimate of drug-likeness (QED) is 0.355. The summed E-state index contributed by atoms with van der Waals surface area (Å²) < 4.78 is 6.66. The van der Waals surface area contributed by atoms with Gasteiger partial charge in [-0.15, -0.1) is 0 Å². The van der Waals surface area contributed by atoms with Gasteiger partial charge < -0.3 is 15.2 Å². The molecule has 5 rings (SSSR count). The van der Waals surface area contributed by atoms with Gasteiger partial charge in [-0.2, -0.15) is 0 Å². The number of allylic oxidation sites excluding steroid dienone is 1. The number of benzene rings is 2. The van der Waals surface area contributed by atoms with Gasteiger partial charge >= 0.3 is 5.69 Å². The fraction of sp³-hybridized carbons (Fsp3) is 0.286. The number of carbonyl (C=O) groups is 1. The van der Waals surface area contributed by atoms with Crippen LogP contribution in [-0.2, 0) is 17.8 Å². The molecule has 0 aliphatic heterocycles. The predicted molar refractivity (Wildman–Crippen MR) is 143 cm³/mol. The van der Waals surface area contributed by atoms with Crippen molar-refractivity contribution in [1.29, 1.82) is 0 Å². The standard InChI is InChI=1S/C28H29N5O4/c29-26-25(27(35)30-28(36)33(26)18-20-11-5-2-6-12-20)32(16-15-19-9-3-1-4-10-19)24(34)17-22-21-13-7-8-14-23(21)37-31-22/h2,5-9,11-14H,1,3-4,10,15-18,29H2,(H,30,35,36). The molecule has 0 saturated heterocycles. The molecule has 2 aromatic carbocycles. The summed E-state index contributed by atoms with van der Waals surface area (Å²) in [6.45, 7) is 0.424. The normalized spacial score (nSPS) is 13.5. The number of hydrogen-bond donors (Lipinski definition) is 2. The van der Waals surface area contributed by atoms with Crippen LogP contribution in [0.25, 0.3) is 11.0 Å². The molecule has 1 aliphatic carbocycles. The molecule has 9 nitrogen and oxygen atoms in total. The second-order valence-electron chi connectivity index (χ2n) is 9.27. The summed E-state index contributed by atoms with van der Waals surface area (Å²) in [6.07, 6.45) is 6.99. The highest BCUT2D eigenvalue weighted by Gasteiger charge is 2.26. The van der Waals surface area contributed by atoms with Crippen molar-refractivity contribution in [3.05, 3.63) is 98.3 Å². The van der Waals surface area contributed by atoms with Gasteiger partial charge in [0.2, 0.25) is 5.91 Å². The van der Waals surface area contributed by atoms with Gasteiger partial charge in [-0.05, 0) is 49.8 Å². The van der Waals surface area contributed by atoms with Gasteiger partial charge in [-0.1, -0.05) is 59.3 Å². The third kappa shape index (κ3) is 5.25. The summed E-state index contributed by atoms with van der Waals surface area (Å²) in [5, 5.41) is 4.83. The number of H-pyrrole nitrogens is 1. The molecule has 0 fully saturated rings. The Labute approximate surface area is 213 Å². The van der Waals surface area contributed by atoms with E-state index in [0.717, 1.165) is 36.6 Å². The zero-order valence-corrected chi connectivity index (χ0v) is 20.5. The van der Waals surface area contributed by atoms with Gasteiger partial charge in [0, 0.05) is 11.9 Å². The van der Waals surface area contributed by atoms with Crippen LogP contribution >= 0.6 is 0 Å². The van der Waals surface area contributed by atoms with E-state index in [1.165, 1.54) is 15.0 Å². The van der Waals surface area contributed by atoms with Crippen molar-refractivity contribution in [1.82, 2.24) is 14.7 Å². The Balaban J connectivity index is 1.52. The van der Waals surface area contributed by atoms with Crippen LogP contribution in [0.5, 0.6) is 0 Å². The van der Waals surface area contributed by atoms with E-state index >= 15 is 0 Å². The van der Waals surface area contributed by atoms with Crippen LogP contribution in [0.4, 0.5) is 11.5 Å². The Hall–Kier alpha value is -4.40. The average Bonchev–Trinajstić information content (AvgIpc) is 3.32. The number of anilines is 2. The number of aromatic amines is 1. The third-order valence-electron chi connectivity index (χ3n) is 6.78. The van der Waals surface area contributed by atoms with Crippen LogP contribution in [0.2, 0.25) is 0 Å². The second-order valence-corrected chi connectivity index (χ2v) is 9.27. The highest BCUT2D eigenvalue weighted by molar-refractivity contribution is 5.98. The zero-order chi connectivity index (χ0) is 25.8. The van der Waals surface area contributed by atoms with Crippen LogP contribution in [0, 0.1) is 0 Å². The lowest BCUT2D eigenvalue weighted by Gasteiger charge is -2.25. The van der Waals surface area contributed by atoms with Crippen molar-refractivity contribution < 1.29 is 9.32 Å². The molecule has 4 aromatic rings. The number of nitrogens with zero attached hydrogens (tertiary/aromatic N) is 3. The molecule has 1 aliphatic rings. The molecule has 1 amide bonds. The predicted octanol–water partition coefficient (Wildman–Crippen LogP) is 3.77. The smallest absolute Gasteiger partial charge is 0.330 e. The summed E-state index contributed by atoms with van der Waals surface area (Å²) in [6, 6.07) is 16.6. The van der Waals surface area contributed by atoms with Crippen molar-refractivity contribution in [2.75, 3.05) is 17.2 Å².